The molecule has 0 bridgehead atoms. The summed E-state index contributed by atoms with van der Waals surface area (Å²) < 4.78 is 29.9. The molecule has 0 radical (unpaired) electrons. The van der Waals surface area contributed by atoms with Crippen molar-refractivity contribution in [3.8, 4) is 0 Å². The van der Waals surface area contributed by atoms with Gasteiger partial charge in [-0.3, -0.25) is 10.1 Å². The fourth-order valence-corrected chi connectivity index (χ4v) is 3.44. The van der Waals surface area contributed by atoms with Gasteiger partial charge in [-0.25, -0.2) is 8.42 Å². The van der Waals surface area contributed by atoms with Crippen molar-refractivity contribution in [2.75, 3.05) is 18.2 Å². The van der Waals surface area contributed by atoms with Crippen molar-refractivity contribution >= 4 is 21.5 Å². The van der Waals surface area contributed by atoms with Gasteiger partial charge in [0.25, 0.3) is 0 Å². The van der Waals surface area contributed by atoms with Gasteiger partial charge in [-0.2, -0.15) is 0 Å². The van der Waals surface area contributed by atoms with Crippen LogP contribution in [-0.2, 0) is 25.8 Å². The predicted octanol–water partition coefficient (Wildman–Crippen LogP) is 1.76. The maximum absolute atomic E-state index is 12.4. The molecule has 0 aliphatic rings. The summed E-state index contributed by atoms with van der Waals surface area (Å²) in [5.74, 6) is -0.841. The third-order valence-electron chi connectivity index (χ3n) is 3.61. The third kappa shape index (κ3) is 5.58. The first-order chi connectivity index (χ1) is 11.9. The second kappa shape index (κ2) is 8.64. The zero-order valence-electron chi connectivity index (χ0n) is 14.0. The minimum atomic E-state index is -3.59. The van der Waals surface area contributed by atoms with Gasteiger partial charge >= 0.3 is 5.97 Å². The van der Waals surface area contributed by atoms with Crippen LogP contribution in [0, 0.1) is 0 Å². The molecule has 6 nitrogen and oxygen atoms in total. The number of esters is 1. The van der Waals surface area contributed by atoms with E-state index in [1.807, 2.05) is 30.3 Å². The van der Waals surface area contributed by atoms with Gasteiger partial charge in [0.1, 0.15) is 11.9 Å². The standard InChI is InChI=1S/C18H22N2O4S/c1-2-24-18(21)17(12-14-6-4-3-5-7-14)20-13-25(22,23)16-10-8-15(19)9-11-16/h3-11,17,20H,2,12-13,19H2,1H3. The number of benzene rings is 2. The van der Waals surface area contributed by atoms with Crippen molar-refractivity contribution in [1.82, 2.24) is 5.32 Å². The van der Waals surface area contributed by atoms with Gasteiger partial charge in [-0.05, 0) is 43.2 Å². The first-order valence-electron chi connectivity index (χ1n) is 7.94. The summed E-state index contributed by atoms with van der Waals surface area (Å²) in [5.41, 5.74) is 6.98. The first-order valence-corrected chi connectivity index (χ1v) is 9.60. The number of hydrogen-bond donors (Lipinski definition) is 2. The molecule has 7 heteroatoms. The second-order valence-corrected chi connectivity index (χ2v) is 7.52. The van der Waals surface area contributed by atoms with E-state index in [0.29, 0.717) is 12.1 Å². The summed E-state index contributed by atoms with van der Waals surface area (Å²) >= 11 is 0. The molecule has 0 amide bonds. The van der Waals surface area contributed by atoms with Crippen LogP contribution >= 0.6 is 0 Å². The lowest BCUT2D eigenvalue weighted by Gasteiger charge is -2.17. The molecule has 0 saturated heterocycles. The summed E-state index contributed by atoms with van der Waals surface area (Å²) in [6, 6.07) is 14.6. The highest BCUT2D eigenvalue weighted by atomic mass is 32.2. The van der Waals surface area contributed by atoms with Crippen LogP contribution in [0.3, 0.4) is 0 Å². The number of anilines is 1. The number of carbonyl (C=O) groups excluding carboxylic acids is 1. The van der Waals surface area contributed by atoms with Crippen molar-refractivity contribution < 1.29 is 17.9 Å². The van der Waals surface area contributed by atoms with Gasteiger partial charge in [0.05, 0.1) is 11.5 Å². The Hall–Kier alpha value is -2.38. The van der Waals surface area contributed by atoms with E-state index in [1.54, 1.807) is 6.92 Å². The van der Waals surface area contributed by atoms with E-state index in [1.165, 1.54) is 24.3 Å². The Labute approximate surface area is 147 Å². The fraction of sp³-hybridized carbons (Fsp3) is 0.278. The minimum Gasteiger partial charge on any atom is -0.465 e. The Bertz CT molecular complexity index is 790. The van der Waals surface area contributed by atoms with E-state index in [0.717, 1.165) is 5.56 Å². The monoisotopic (exact) mass is 362 g/mol. The number of rotatable bonds is 8. The lowest BCUT2D eigenvalue weighted by molar-refractivity contribution is -0.145. The number of ether oxygens (including phenoxy) is 1. The number of nitrogens with two attached hydrogens (primary N) is 1. The SMILES string of the molecule is CCOC(=O)C(Cc1ccccc1)NCS(=O)(=O)c1ccc(N)cc1. The molecular weight excluding hydrogens is 340 g/mol. The van der Waals surface area contributed by atoms with Crippen LogP contribution in [0.2, 0.25) is 0 Å². The maximum atomic E-state index is 12.4. The van der Waals surface area contributed by atoms with E-state index < -0.39 is 21.8 Å². The van der Waals surface area contributed by atoms with Gasteiger partial charge in [0.15, 0.2) is 9.84 Å². The van der Waals surface area contributed by atoms with Crippen LogP contribution in [-0.4, -0.2) is 32.9 Å². The minimum absolute atomic E-state index is 0.150. The Morgan fingerprint density at radius 1 is 1.12 bits per heavy atom. The van der Waals surface area contributed by atoms with E-state index in [9.17, 15) is 13.2 Å². The normalized spacial score (nSPS) is 12.5. The van der Waals surface area contributed by atoms with E-state index in [2.05, 4.69) is 5.32 Å². The van der Waals surface area contributed by atoms with Crippen LogP contribution < -0.4 is 11.1 Å². The fourth-order valence-electron chi connectivity index (χ4n) is 2.30. The number of hydrogen-bond acceptors (Lipinski definition) is 6. The van der Waals surface area contributed by atoms with E-state index in [4.69, 9.17) is 10.5 Å². The van der Waals surface area contributed by atoms with Gasteiger partial charge in [0.2, 0.25) is 0 Å². The van der Waals surface area contributed by atoms with Crippen LogP contribution in [0.4, 0.5) is 5.69 Å². The highest BCUT2D eigenvalue weighted by molar-refractivity contribution is 7.91. The Morgan fingerprint density at radius 2 is 1.76 bits per heavy atom. The molecule has 0 aromatic heterocycles. The van der Waals surface area contributed by atoms with Crippen molar-refractivity contribution in [3.63, 3.8) is 0 Å². The molecule has 0 spiro atoms. The largest absolute Gasteiger partial charge is 0.465 e. The second-order valence-electron chi connectivity index (χ2n) is 5.53. The van der Waals surface area contributed by atoms with Gasteiger partial charge in [0, 0.05) is 5.69 Å². The summed E-state index contributed by atoms with van der Waals surface area (Å²) in [7, 11) is -3.59. The molecule has 0 aliphatic heterocycles. The van der Waals surface area contributed by atoms with Gasteiger partial charge in [-0.1, -0.05) is 30.3 Å². The van der Waals surface area contributed by atoms with Crippen molar-refractivity contribution in [3.05, 3.63) is 60.2 Å². The highest BCUT2D eigenvalue weighted by Gasteiger charge is 2.23. The average molecular weight is 362 g/mol. The number of nitrogen functional groups attached to an aromatic ring is 1. The van der Waals surface area contributed by atoms with Crippen molar-refractivity contribution in [1.29, 1.82) is 0 Å². The molecule has 3 N–H and O–H groups in total. The molecule has 2 aromatic carbocycles. The number of sulfone groups is 1. The van der Waals surface area contributed by atoms with Gasteiger partial charge < -0.3 is 10.5 Å². The van der Waals surface area contributed by atoms with Crippen molar-refractivity contribution in [2.45, 2.75) is 24.3 Å². The zero-order chi connectivity index (χ0) is 18.3. The van der Waals surface area contributed by atoms with Crippen LogP contribution in [0.5, 0.6) is 0 Å². The van der Waals surface area contributed by atoms with Crippen LogP contribution in [0.25, 0.3) is 0 Å². The molecule has 0 heterocycles. The Balaban J connectivity index is 2.10. The van der Waals surface area contributed by atoms with Crippen LogP contribution in [0.15, 0.2) is 59.5 Å². The zero-order valence-corrected chi connectivity index (χ0v) is 14.8. The summed E-state index contributed by atoms with van der Waals surface area (Å²) in [4.78, 5) is 12.3. The maximum Gasteiger partial charge on any atom is 0.323 e. The molecule has 2 rings (SSSR count). The summed E-state index contributed by atoms with van der Waals surface area (Å²) in [6.45, 7) is 1.94. The lowest BCUT2D eigenvalue weighted by Crippen LogP contribution is -2.42. The first kappa shape index (κ1) is 19.0. The molecule has 134 valence electrons. The Kier molecular flexibility index (Phi) is 6.55. The molecule has 2 aromatic rings. The molecular formula is C18H22N2O4S. The molecule has 0 saturated carbocycles. The highest BCUT2D eigenvalue weighted by Crippen LogP contribution is 2.13. The molecule has 25 heavy (non-hydrogen) atoms. The topological polar surface area (TPSA) is 98.5 Å². The number of carbonyl (C=O) groups is 1. The smallest absolute Gasteiger partial charge is 0.323 e. The molecule has 1 unspecified atom stereocenters. The number of nitrogens with one attached hydrogen (secondary N) is 1. The quantitative estimate of drug-likeness (QED) is 0.548. The molecule has 0 fully saturated rings. The average Bonchev–Trinajstić information content (AvgIpc) is 2.60. The Morgan fingerprint density at radius 3 is 2.36 bits per heavy atom. The van der Waals surface area contributed by atoms with E-state index in [-0.39, 0.29) is 17.4 Å². The lowest BCUT2D eigenvalue weighted by atomic mass is 10.1. The third-order valence-corrected chi connectivity index (χ3v) is 5.15. The molecule has 1 atom stereocenters. The predicted molar refractivity (Wildman–Crippen MR) is 96.6 cm³/mol. The van der Waals surface area contributed by atoms with Crippen LogP contribution in [0.1, 0.15) is 12.5 Å². The summed E-state index contributed by atoms with van der Waals surface area (Å²) in [5, 5.41) is 2.81. The van der Waals surface area contributed by atoms with Crippen molar-refractivity contribution in [2.24, 2.45) is 0 Å². The van der Waals surface area contributed by atoms with Gasteiger partial charge in [-0.15, -0.1) is 0 Å². The van der Waals surface area contributed by atoms with E-state index >= 15 is 0 Å². The molecule has 0 aliphatic carbocycles. The summed E-state index contributed by atoms with van der Waals surface area (Å²) in [6.07, 6.45) is 0.344.